The van der Waals surface area contributed by atoms with Gasteiger partial charge < -0.3 is 5.32 Å². The van der Waals surface area contributed by atoms with E-state index in [2.05, 4.69) is 27.3 Å². The molecule has 2 fully saturated rings. The average Bonchev–Trinajstić information content (AvgIpc) is 2.09. The van der Waals surface area contributed by atoms with E-state index in [4.69, 9.17) is 0 Å². The van der Waals surface area contributed by atoms with Gasteiger partial charge in [0.2, 0.25) is 0 Å². The first-order valence-electron chi connectivity index (χ1n) is 5.18. The van der Waals surface area contributed by atoms with Crippen molar-refractivity contribution in [1.82, 2.24) is 15.2 Å². The highest BCUT2D eigenvalue weighted by Gasteiger charge is 2.46. The maximum absolute atomic E-state index is 4.02. The van der Waals surface area contributed by atoms with Crippen LogP contribution in [0.2, 0.25) is 0 Å². The van der Waals surface area contributed by atoms with Gasteiger partial charge in [0.25, 0.3) is 0 Å². The van der Waals surface area contributed by atoms with Crippen LogP contribution in [0, 0.1) is 5.41 Å². The standard InChI is InChI=1S/C11H15N3/c1-3-12-4-2-10(1)5-14-8-11(9-14)6-13-7-11/h1-4,13H,5-9H2. The fourth-order valence-corrected chi connectivity index (χ4v) is 2.46. The van der Waals surface area contributed by atoms with Gasteiger partial charge in [-0.15, -0.1) is 0 Å². The second-order valence-electron chi connectivity index (χ2n) is 4.60. The van der Waals surface area contributed by atoms with Crippen molar-refractivity contribution in [3.63, 3.8) is 0 Å². The highest BCUT2D eigenvalue weighted by atomic mass is 15.3. The summed E-state index contributed by atoms with van der Waals surface area (Å²) in [6.45, 7) is 6.06. The number of nitrogens with one attached hydrogen (secondary N) is 1. The smallest absolute Gasteiger partial charge is 0.0271 e. The van der Waals surface area contributed by atoms with Crippen LogP contribution < -0.4 is 5.32 Å². The highest BCUT2D eigenvalue weighted by molar-refractivity contribution is 5.12. The monoisotopic (exact) mass is 189 g/mol. The van der Waals surface area contributed by atoms with Crippen LogP contribution in [-0.4, -0.2) is 36.1 Å². The quantitative estimate of drug-likeness (QED) is 0.733. The molecule has 0 unspecified atom stereocenters. The molecule has 1 aromatic rings. The molecule has 0 amide bonds. The molecular weight excluding hydrogens is 174 g/mol. The SMILES string of the molecule is c1cc(CN2CC3(CNC3)C2)ccn1. The number of aromatic nitrogens is 1. The molecule has 3 nitrogen and oxygen atoms in total. The Kier molecular flexibility index (Phi) is 1.82. The molecule has 1 spiro atoms. The normalized spacial score (nSPS) is 24.3. The number of rotatable bonds is 2. The van der Waals surface area contributed by atoms with Crippen molar-refractivity contribution in [3.05, 3.63) is 30.1 Å². The topological polar surface area (TPSA) is 28.2 Å². The zero-order valence-corrected chi connectivity index (χ0v) is 8.24. The summed E-state index contributed by atoms with van der Waals surface area (Å²) >= 11 is 0. The van der Waals surface area contributed by atoms with Gasteiger partial charge in [-0.05, 0) is 17.7 Å². The molecule has 1 N–H and O–H groups in total. The summed E-state index contributed by atoms with van der Waals surface area (Å²) in [5.41, 5.74) is 2.02. The fourth-order valence-electron chi connectivity index (χ4n) is 2.46. The largest absolute Gasteiger partial charge is 0.315 e. The molecule has 2 aliphatic heterocycles. The Morgan fingerprint density at radius 2 is 2.00 bits per heavy atom. The van der Waals surface area contributed by atoms with Crippen molar-refractivity contribution in [2.75, 3.05) is 26.2 Å². The lowest BCUT2D eigenvalue weighted by Gasteiger charge is -2.56. The average molecular weight is 189 g/mol. The number of nitrogens with zero attached hydrogens (tertiary/aromatic N) is 2. The Labute approximate surface area is 84.1 Å². The van der Waals surface area contributed by atoms with E-state index < -0.39 is 0 Å². The lowest BCUT2D eigenvalue weighted by molar-refractivity contribution is -0.0444. The first-order valence-corrected chi connectivity index (χ1v) is 5.18. The third-order valence-corrected chi connectivity index (χ3v) is 3.27. The molecule has 3 heterocycles. The molecule has 0 bridgehead atoms. The molecule has 0 aromatic carbocycles. The minimum Gasteiger partial charge on any atom is -0.315 e. The van der Waals surface area contributed by atoms with Gasteiger partial charge in [-0.3, -0.25) is 9.88 Å². The molecule has 0 aliphatic carbocycles. The minimum absolute atomic E-state index is 0.646. The molecule has 1 aromatic heterocycles. The van der Waals surface area contributed by atoms with E-state index in [-0.39, 0.29) is 0 Å². The van der Waals surface area contributed by atoms with E-state index in [1.54, 1.807) is 0 Å². The van der Waals surface area contributed by atoms with Crippen molar-refractivity contribution in [2.24, 2.45) is 5.41 Å². The van der Waals surface area contributed by atoms with Crippen molar-refractivity contribution < 1.29 is 0 Å². The summed E-state index contributed by atoms with van der Waals surface area (Å²) in [4.78, 5) is 6.53. The summed E-state index contributed by atoms with van der Waals surface area (Å²) in [5, 5.41) is 3.35. The lowest BCUT2D eigenvalue weighted by atomic mass is 9.74. The van der Waals surface area contributed by atoms with E-state index in [9.17, 15) is 0 Å². The van der Waals surface area contributed by atoms with E-state index in [0.717, 1.165) is 6.54 Å². The van der Waals surface area contributed by atoms with Crippen LogP contribution in [0.4, 0.5) is 0 Å². The predicted molar refractivity (Wildman–Crippen MR) is 54.8 cm³/mol. The number of pyridine rings is 1. The summed E-state index contributed by atoms with van der Waals surface area (Å²) < 4.78 is 0. The van der Waals surface area contributed by atoms with Crippen LogP contribution in [0.3, 0.4) is 0 Å². The van der Waals surface area contributed by atoms with Crippen LogP contribution >= 0.6 is 0 Å². The minimum atomic E-state index is 0.646. The molecule has 0 atom stereocenters. The Bertz CT molecular complexity index is 311. The third-order valence-electron chi connectivity index (χ3n) is 3.27. The summed E-state index contributed by atoms with van der Waals surface area (Å²) in [5.74, 6) is 0. The maximum Gasteiger partial charge on any atom is 0.0271 e. The number of likely N-dealkylation sites (tertiary alicyclic amines) is 1. The molecule has 2 aliphatic rings. The van der Waals surface area contributed by atoms with E-state index in [1.165, 1.54) is 31.7 Å². The van der Waals surface area contributed by atoms with E-state index in [1.807, 2.05) is 12.4 Å². The first-order chi connectivity index (χ1) is 6.86. The van der Waals surface area contributed by atoms with Crippen molar-refractivity contribution in [3.8, 4) is 0 Å². The number of hydrogen-bond acceptors (Lipinski definition) is 3. The van der Waals surface area contributed by atoms with E-state index in [0.29, 0.717) is 5.41 Å². The first kappa shape index (κ1) is 8.38. The second-order valence-corrected chi connectivity index (χ2v) is 4.60. The van der Waals surface area contributed by atoms with Gasteiger partial charge in [0, 0.05) is 50.5 Å². The fraction of sp³-hybridized carbons (Fsp3) is 0.545. The molecule has 14 heavy (non-hydrogen) atoms. The lowest BCUT2D eigenvalue weighted by Crippen LogP contribution is -2.70. The number of hydrogen-bond donors (Lipinski definition) is 1. The van der Waals surface area contributed by atoms with Crippen LogP contribution in [0.15, 0.2) is 24.5 Å². The molecule has 2 saturated heterocycles. The van der Waals surface area contributed by atoms with Crippen LogP contribution in [0.25, 0.3) is 0 Å². The summed E-state index contributed by atoms with van der Waals surface area (Å²) in [6, 6.07) is 4.20. The van der Waals surface area contributed by atoms with Gasteiger partial charge >= 0.3 is 0 Å². The molecular formula is C11H15N3. The van der Waals surface area contributed by atoms with Crippen LogP contribution in [0.5, 0.6) is 0 Å². The zero-order valence-electron chi connectivity index (χ0n) is 8.24. The van der Waals surface area contributed by atoms with E-state index >= 15 is 0 Å². The van der Waals surface area contributed by atoms with Gasteiger partial charge in [0.05, 0.1) is 0 Å². The Morgan fingerprint density at radius 3 is 2.57 bits per heavy atom. The van der Waals surface area contributed by atoms with Gasteiger partial charge in [0.15, 0.2) is 0 Å². The summed E-state index contributed by atoms with van der Waals surface area (Å²) in [7, 11) is 0. The Morgan fingerprint density at radius 1 is 1.29 bits per heavy atom. The van der Waals surface area contributed by atoms with Gasteiger partial charge in [0.1, 0.15) is 0 Å². The Hall–Kier alpha value is -0.930. The summed E-state index contributed by atoms with van der Waals surface area (Å²) in [6.07, 6.45) is 3.74. The zero-order chi connectivity index (χ0) is 9.43. The van der Waals surface area contributed by atoms with Gasteiger partial charge in [-0.2, -0.15) is 0 Å². The van der Waals surface area contributed by atoms with Gasteiger partial charge in [-0.1, -0.05) is 0 Å². The third kappa shape index (κ3) is 1.33. The highest BCUT2D eigenvalue weighted by Crippen LogP contribution is 2.34. The molecule has 0 radical (unpaired) electrons. The van der Waals surface area contributed by atoms with Crippen molar-refractivity contribution in [2.45, 2.75) is 6.54 Å². The molecule has 0 saturated carbocycles. The van der Waals surface area contributed by atoms with Crippen molar-refractivity contribution in [1.29, 1.82) is 0 Å². The van der Waals surface area contributed by atoms with Crippen LogP contribution in [0.1, 0.15) is 5.56 Å². The molecule has 74 valence electrons. The predicted octanol–water partition coefficient (Wildman–Crippen LogP) is 0.487. The maximum atomic E-state index is 4.02. The van der Waals surface area contributed by atoms with Gasteiger partial charge in [-0.25, -0.2) is 0 Å². The molecule has 3 heteroatoms. The van der Waals surface area contributed by atoms with Crippen molar-refractivity contribution >= 4 is 0 Å². The Balaban J connectivity index is 1.56. The molecule has 3 rings (SSSR count). The second kappa shape index (κ2) is 3.04. The van der Waals surface area contributed by atoms with Crippen LogP contribution in [-0.2, 0) is 6.54 Å².